The number of fused-ring (bicyclic) bond motifs is 1. The normalized spacial score (nSPS) is 17.0. The van der Waals surface area contributed by atoms with Crippen LogP contribution in [0.2, 0.25) is 10.0 Å². The van der Waals surface area contributed by atoms with Crippen LogP contribution in [-0.4, -0.2) is 46.7 Å². The molecule has 2 aromatic heterocycles. The maximum Gasteiger partial charge on any atom is 0.249 e. The number of rotatable bonds is 4. The van der Waals surface area contributed by atoms with Gasteiger partial charge in [0.05, 0.1) is 10.0 Å². The molecule has 29 heavy (non-hydrogen) atoms. The van der Waals surface area contributed by atoms with E-state index in [1.54, 1.807) is 4.52 Å². The number of hydrogen-bond donors (Lipinski definition) is 1. The molecule has 0 spiro atoms. The minimum absolute atomic E-state index is 0.0118. The second kappa shape index (κ2) is 7.39. The average molecular weight is 431 g/mol. The van der Waals surface area contributed by atoms with Crippen LogP contribution >= 0.6 is 23.2 Å². The number of benzene rings is 1. The van der Waals surface area contributed by atoms with Crippen molar-refractivity contribution in [3.8, 4) is 0 Å². The molecule has 0 atom stereocenters. The van der Waals surface area contributed by atoms with Crippen LogP contribution in [0.3, 0.4) is 0 Å². The molecule has 7 nitrogen and oxygen atoms in total. The second-order valence-corrected chi connectivity index (χ2v) is 8.24. The highest BCUT2D eigenvalue weighted by atomic mass is 35.5. The Morgan fingerprint density at radius 1 is 1.00 bits per heavy atom. The Labute approximate surface area is 178 Å². The van der Waals surface area contributed by atoms with Crippen molar-refractivity contribution in [2.75, 3.05) is 41.3 Å². The number of nitrogens with zero attached hydrogens (tertiary/aromatic N) is 5. The number of halogens is 2. The summed E-state index contributed by atoms with van der Waals surface area (Å²) in [7, 11) is 0. The third-order valence-corrected chi connectivity index (χ3v) is 6.13. The first-order chi connectivity index (χ1) is 14.1. The predicted molar refractivity (Wildman–Crippen MR) is 115 cm³/mol. The summed E-state index contributed by atoms with van der Waals surface area (Å²) in [5.74, 6) is 1.47. The van der Waals surface area contributed by atoms with E-state index in [0.29, 0.717) is 16.0 Å². The maximum absolute atomic E-state index is 12.0. The van der Waals surface area contributed by atoms with Crippen LogP contribution < -0.4 is 15.1 Å². The molecule has 5 rings (SSSR count). The molecule has 0 radical (unpaired) electrons. The number of amides is 1. The van der Waals surface area contributed by atoms with Gasteiger partial charge in [0.15, 0.2) is 5.65 Å². The summed E-state index contributed by atoms with van der Waals surface area (Å²) in [6, 6.07) is 11.6. The summed E-state index contributed by atoms with van der Waals surface area (Å²) < 4.78 is 1.80. The first-order valence-electron chi connectivity index (χ1n) is 9.70. The molecule has 2 aliphatic rings. The smallest absolute Gasteiger partial charge is 0.249 e. The first kappa shape index (κ1) is 18.5. The van der Waals surface area contributed by atoms with Gasteiger partial charge in [0, 0.05) is 37.8 Å². The molecule has 3 aromatic rings. The van der Waals surface area contributed by atoms with E-state index in [0.717, 1.165) is 56.2 Å². The number of pyridine rings is 1. The zero-order chi connectivity index (χ0) is 20.0. The fourth-order valence-electron chi connectivity index (χ4n) is 3.62. The third kappa shape index (κ3) is 3.72. The van der Waals surface area contributed by atoms with Crippen LogP contribution in [0.5, 0.6) is 0 Å². The molecule has 0 unspecified atom stereocenters. The van der Waals surface area contributed by atoms with Crippen LogP contribution in [0, 0.1) is 5.92 Å². The summed E-state index contributed by atoms with van der Waals surface area (Å²) >= 11 is 12.2. The molecule has 1 saturated carbocycles. The lowest BCUT2D eigenvalue weighted by Gasteiger charge is -2.37. The standard InChI is InChI=1S/C20H20Cl2N6O/c21-15-7-6-14(12-16(15)22)26-8-10-27(11-9-26)18-3-1-2-17-23-20(25-28(17)18)24-19(29)13-4-5-13/h1-3,6-7,12-13H,4-5,8-11H2,(H,24,25,29). The molecule has 9 heteroatoms. The predicted octanol–water partition coefficient (Wildman–Crippen LogP) is 3.71. The van der Waals surface area contributed by atoms with E-state index in [1.807, 2.05) is 36.4 Å². The fraction of sp³-hybridized carbons (Fsp3) is 0.350. The molecule has 3 heterocycles. The van der Waals surface area contributed by atoms with Gasteiger partial charge < -0.3 is 9.80 Å². The molecule has 1 N–H and O–H groups in total. The van der Waals surface area contributed by atoms with Gasteiger partial charge in [-0.3, -0.25) is 10.1 Å². The van der Waals surface area contributed by atoms with Crippen molar-refractivity contribution in [3.05, 3.63) is 46.4 Å². The lowest BCUT2D eigenvalue weighted by Crippen LogP contribution is -2.47. The van der Waals surface area contributed by atoms with Gasteiger partial charge >= 0.3 is 0 Å². The van der Waals surface area contributed by atoms with E-state index < -0.39 is 0 Å². The topological polar surface area (TPSA) is 65.8 Å². The molecular weight excluding hydrogens is 411 g/mol. The maximum atomic E-state index is 12.0. The van der Waals surface area contributed by atoms with Gasteiger partial charge in [-0.15, -0.1) is 5.10 Å². The summed E-state index contributed by atoms with van der Waals surface area (Å²) in [5, 5.41) is 8.49. The van der Waals surface area contributed by atoms with Crippen molar-refractivity contribution < 1.29 is 4.79 Å². The number of aromatic nitrogens is 3. The van der Waals surface area contributed by atoms with Crippen molar-refractivity contribution in [1.82, 2.24) is 14.6 Å². The zero-order valence-electron chi connectivity index (χ0n) is 15.7. The fourth-order valence-corrected chi connectivity index (χ4v) is 3.91. The van der Waals surface area contributed by atoms with E-state index in [1.165, 1.54) is 0 Å². The lowest BCUT2D eigenvalue weighted by atomic mass is 10.2. The molecule has 1 aromatic carbocycles. The Hall–Kier alpha value is -2.51. The Kier molecular flexibility index (Phi) is 4.72. The number of hydrogen-bond acceptors (Lipinski definition) is 5. The van der Waals surface area contributed by atoms with Gasteiger partial charge in [0.2, 0.25) is 11.9 Å². The highest BCUT2D eigenvalue weighted by Crippen LogP contribution is 2.30. The van der Waals surface area contributed by atoms with E-state index in [9.17, 15) is 4.79 Å². The summed E-state index contributed by atoms with van der Waals surface area (Å²) in [6.45, 7) is 3.38. The second-order valence-electron chi connectivity index (χ2n) is 7.43. The van der Waals surface area contributed by atoms with Crippen LogP contribution in [0.4, 0.5) is 17.5 Å². The first-order valence-corrected chi connectivity index (χ1v) is 10.5. The average Bonchev–Trinajstić information content (AvgIpc) is 3.50. The number of piperazine rings is 1. The minimum Gasteiger partial charge on any atom is -0.368 e. The Morgan fingerprint density at radius 2 is 1.76 bits per heavy atom. The number of anilines is 3. The van der Waals surface area contributed by atoms with Gasteiger partial charge in [0.1, 0.15) is 5.82 Å². The largest absolute Gasteiger partial charge is 0.368 e. The molecule has 1 saturated heterocycles. The Balaban J connectivity index is 1.32. The van der Waals surface area contributed by atoms with E-state index in [-0.39, 0.29) is 11.8 Å². The molecule has 2 fully saturated rings. The van der Waals surface area contributed by atoms with Gasteiger partial charge in [-0.05, 0) is 43.2 Å². The lowest BCUT2D eigenvalue weighted by molar-refractivity contribution is -0.117. The van der Waals surface area contributed by atoms with E-state index in [4.69, 9.17) is 23.2 Å². The quantitative estimate of drug-likeness (QED) is 0.683. The number of carbonyl (C=O) groups excluding carboxylic acids is 1. The van der Waals surface area contributed by atoms with Crippen molar-refractivity contribution in [2.45, 2.75) is 12.8 Å². The zero-order valence-corrected chi connectivity index (χ0v) is 17.2. The SMILES string of the molecule is O=C(Nc1nc2cccc(N3CCN(c4ccc(Cl)c(Cl)c4)CC3)n2n1)C1CC1. The monoisotopic (exact) mass is 430 g/mol. The highest BCUT2D eigenvalue weighted by Gasteiger charge is 2.30. The van der Waals surface area contributed by atoms with Crippen LogP contribution in [0.25, 0.3) is 5.65 Å². The van der Waals surface area contributed by atoms with E-state index in [2.05, 4.69) is 25.2 Å². The van der Waals surface area contributed by atoms with Gasteiger partial charge in [-0.1, -0.05) is 29.3 Å². The summed E-state index contributed by atoms with van der Waals surface area (Å²) in [5.41, 5.74) is 1.79. The van der Waals surface area contributed by atoms with Crippen molar-refractivity contribution in [1.29, 1.82) is 0 Å². The van der Waals surface area contributed by atoms with Crippen LogP contribution in [0.15, 0.2) is 36.4 Å². The highest BCUT2D eigenvalue weighted by molar-refractivity contribution is 6.42. The Morgan fingerprint density at radius 3 is 2.48 bits per heavy atom. The molecule has 150 valence electrons. The van der Waals surface area contributed by atoms with Gasteiger partial charge in [-0.2, -0.15) is 9.50 Å². The summed E-state index contributed by atoms with van der Waals surface area (Å²) in [4.78, 5) is 21.0. The van der Waals surface area contributed by atoms with E-state index >= 15 is 0 Å². The van der Waals surface area contributed by atoms with Gasteiger partial charge in [-0.25, -0.2) is 0 Å². The van der Waals surface area contributed by atoms with Crippen LogP contribution in [-0.2, 0) is 4.79 Å². The third-order valence-electron chi connectivity index (χ3n) is 5.39. The van der Waals surface area contributed by atoms with Crippen molar-refractivity contribution in [3.63, 3.8) is 0 Å². The van der Waals surface area contributed by atoms with Crippen molar-refractivity contribution >= 4 is 52.2 Å². The molecule has 1 aliphatic heterocycles. The molecular formula is C20H20Cl2N6O. The van der Waals surface area contributed by atoms with Gasteiger partial charge in [0.25, 0.3) is 0 Å². The molecule has 1 aliphatic carbocycles. The number of carbonyl (C=O) groups is 1. The molecule has 1 amide bonds. The Bertz CT molecular complexity index is 1070. The minimum atomic E-state index is 0.0118. The number of nitrogens with one attached hydrogen (secondary N) is 1. The molecule has 0 bridgehead atoms. The summed E-state index contributed by atoms with van der Waals surface area (Å²) in [6.07, 6.45) is 1.90. The van der Waals surface area contributed by atoms with Crippen LogP contribution in [0.1, 0.15) is 12.8 Å². The van der Waals surface area contributed by atoms with Crippen molar-refractivity contribution in [2.24, 2.45) is 5.92 Å².